The van der Waals surface area contributed by atoms with Gasteiger partial charge in [-0.15, -0.1) is 0 Å². The lowest BCUT2D eigenvalue weighted by molar-refractivity contribution is 0.390. The molecule has 0 aromatic rings. The zero-order chi connectivity index (χ0) is 12.1. The van der Waals surface area contributed by atoms with E-state index in [2.05, 4.69) is 0 Å². The zero-order valence-corrected chi connectivity index (χ0v) is 10.7. The van der Waals surface area contributed by atoms with Crippen LogP contribution in [0, 0.1) is 17.2 Å². The molecule has 0 aromatic heterocycles. The summed E-state index contributed by atoms with van der Waals surface area (Å²) in [5.41, 5.74) is 0. The van der Waals surface area contributed by atoms with Gasteiger partial charge in [0.1, 0.15) is 0 Å². The molecule has 0 rings (SSSR count). The lowest BCUT2D eigenvalue weighted by Crippen LogP contribution is -2.36. The number of rotatable bonds is 6. The molecule has 5 heteroatoms. The molecule has 0 saturated heterocycles. The van der Waals surface area contributed by atoms with Crippen LogP contribution in [0.15, 0.2) is 0 Å². The summed E-state index contributed by atoms with van der Waals surface area (Å²) in [6.45, 7) is 5.73. The molecule has 0 aliphatic heterocycles. The number of nitrogens with zero attached hydrogens (tertiary/aromatic N) is 2. The molecule has 1 unspecified atom stereocenters. The van der Waals surface area contributed by atoms with Crippen LogP contribution in [0.3, 0.4) is 0 Å². The standard InChI is InChI=1S/C10H20N2O2S/c1-9(2)6-8-15(13,14)12(4)10(3)5-7-11/h9-10H,5-6,8H2,1-4H3. The minimum atomic E-state index is -3.19. The Kier molecular flexibility index (Phi) is 5.84. The van der Waals surface area contributed by atoms with Gasteiger partial charge < -0.3 is 0 Å². The summed E-state index contributed by atoms with van der Waals surface area (Å²) in [5, 5.41) is 8.50. The summed E-state index contributed by atoms with van der Waals surface area (Å²) in [4.78, 5) is 0. The van der Waals surface area contributed by atoms with Crippen molar-refractivity contribution < 1.29 is 8.42 Å². The maximum atomic E-state index is 11.8. The third kappa shape index (κ3) is 5.14. The first-order valence-corrected chi connectivity index (χ1v) is 6.74. The average molecular weight is 232 g/mol. The van der Waals surface area contributed by atoms with E-state index in [1.165, 1.54) is 11.4 Å². The third-order valence-corrected chi connectivity index (χ3v) is 4.39. The van der Waals surface area contributed by atoms with Crippen molar-refractivity contribution in [1.82, 2.24) is 4.31 Å². The van der Waals surface area contributed by atoms with E-state index in [9.17, 15) is 8.42 Å². The molecule has 0 saturated carbocycles. The van der Waals surface area contributed by atoms with Crippen LogP contribution in [0.5, 0.6) is 0 Å². The predicted molar refractivity (Wildman–Crippen MR) is 60.7 cm³/mol. The summed E-state index contributed by atoms with van der Waals surface area (Å²) in [6.07, 6.45) is 0.892. The first kappa shape index (κ1) is 14.4. The molecular weight excluding hydrogens is 212 g/mol. The van der Waals surface area contributed by atoms with Gasteiger partial charge in [-0.1, -0.05) is 13.8 Å². The van der Waals surface area contributed by atoms with Crippen LogP contribution in [0.2, 0.25) is 0 Å². The van der Waals surface area contributed by atoms with Crippen molar-refractivity contribution in [2.24, 2.45) is 5.92 Å². The molecule has 0 aliphatic carbocycles. The van der Waals surface area contributed by atoms with E-state index in [1.54, 1.807) is 6.92 Å². The van der Waals surface area contributed by atoms with Gasteiger partial charge >= 0.3 is 0 Å². The Morgan fingerprint density at radius 3 is 2.27 bits per heavy atom. The van der Waals surface area contributed by atoms with Crippen LogP contribution in [0.25, 0.3) is 0 Å². The lowest BCUT2D eigenvalue weighted by atomic mass is 10.2. The van der Waals surface area contributed by atoms with Crippen molar-refractivity contribution in [2.75, 3.05) is 12.8 Å². The molecule has 1 atom stereocenters. The zero-order valence-electron chi connectivity index (χ0n) is 9.90. The molecule has 0 heterocycles. The maximum Gasteiger partial charge on any atom is 0.214 e. The van der Waals surface area contributed by atoms with Crippen molar-refractivity contribution in [3.8, 4) is 6.07 Å². The molecule has 0 aromatic carbocycles. The quantitative estimate of drug-likeness (QED) is 0.698. The van der Waals surface area contributed by atoms with Gasteiger partial charge in [0.15, 0.2) is 0 Å². The highest BCUT2D eigenvalue weighted by Crippen LogP contribution is 2.11. The summed E-state index contributed by atoms with van der Waals surface area (Å²) in [6, 6.07) is 1.74. The molecular formula is C10H20N2O2S. The Morgan fingerprint density at radius 2 is 1.87 bits per heavy atom. The van der Waals surface area contributed by atoms with Gasteiger partial charge in [-0.25, -0.2) is 12.7 Å². The van der Waals surface area contributed by atoms with E-state index in [-0.39, 0.29) is 18.2 Å². The molecule has 4 nitrogen and oxygen atoms in total. The van der Waals surface area contributed by atoms with Gasteiger partial charge in [0.05, 0.1) is 18.2 Å². The highest BCUT2D eigenvalue weighted by Gasteiger charge is 2.22. The van der Waals surface area contributed by atoms with E-state index >= 15 is 0 Å². The van der Waals surface area contributed by atoms with Gasteiger partial charge in [0.2, 0.25) is 10.0 Å². The van der Waals surface area contributed by atoms with Gasteiger partial charge in [0.25, 0.3) is 0 Å². The lowest BCUT2D eigenvalue weighted by Gasteiger charge is -2.22. The van der Waals surface area contributed by atoms with Crippen molar-refractivity contribution in [3.05, 3.63) is 0 Å². The second-order valence-electron chi connectivity index (χ2n) is 4.23. The number of nitriles is 1. The van der Waals surface area contributed by atoms with Crippen LogP contribution >= 0.6 is 0 Å². The van der Waals surface area contributed by atoms with E-state index < -0.39 is 10.0 Å². The highest BCUT2D eigenvalue weighted by molar-refractivity contribution is 7.89. The normalized spacial score (nSPS) is 14.2. The van der Waals surface area contributed by atoms with Crippen LogP contribution in [-0.4, -0.2) is 31.6 Å². The Labute approximate surface area is 92.9 Å². The SMILES string of the molecule is CC(C)CCS(=O)(=O)N(C)C(C)CC#N. The fraction of sp³-hybridized carbons (Fsp3) is 0.900. The van der Waals surface area contributed by atoms with Crippen LogP contribution in [-0.2, 0) is 10.0 Å². The number of hydrogen-bond acceptors (Lipinski definition) is 3. The first-order valence-electron chi connectivity index (χ1n) is 5.14. The minimum Gasteiger partial charge on any atom is -0.212 e. The molecule has 15 heavy (non-hydrogen) atoms. The third-order valence-electron chi connectivity index (χ3n) is 2.40. The number of sulfonamides is 1. The molecule has 0 spiro atoms. The van der Waals surface area contributed by atoms with E-state index in [0.717, 1.165) is 0 Å². The summed E-state index contributed by atoms with van der Waals surface area (Å²) >= 11 is 0. The van der Waals surface area contributed by atoms with Crippen LogP contribution in [0.4, 0.5) is 0 Å². The van der Waals surface area contributed by atoms with Gasteiger partial charge in [-0.3, -0.25) is 0 Å². The van der Waals surface area contributed by atoms with Crippen molar-refractivity contribution >= 4 is 10.0 Å². The fourth-order valence-electron chi connectivity index (χ4n) is 1.06. The fourth-order valence-corrected chi connectivity index (χ4v) is 2.74. The Hall–Kier alpha value is -0.600. The summed E-state index contributed by atoms with van der Waals surface area (Å²) < 4.78 is 24.8. The average Bonchev–Trinajstić information content (AvgIpc) is 2.14. The molecule has 0 aliphatic rings. The Morgan fingerprint density at radius 1 is 1.33 bits per heavy atom. The Bertz CT molecular complexity index is 317. The van der Waals surface area contributed by atoms with Crippen LogP contribution in [0.1, 0.15) is 33.6 Å². The summed E-state index contributed by atoms with van der Waals surface area (Å²) in [7, 11) is -1.66. The molecule has 0 amide bonds. The summed E-state index contributed by atoms with van der Waals surface area (Å²) in [5.74, 6) is 0.538. The second kappa shape index (κ2) is 6.09. The topological polar surface area (TPSA) is 61.2 Å². The second-order valence-corrected chi connectivity index (χ2v) is 6.37. The van der Waals surface area contributed by atoms with Crippen molar-refractivity contribution in [2.45, 2.75) is 39.7 Å². The molecule has 0 N–H and O–H groups in total. The Balaban J connectivity index is 4.40. The van der Waals surface area contributed by atoms with E-state index in [0.29, 0.717) is 12.3 Å². The first-order chi connectivity index (χ1) is 6.81. The molecule has 0 bridgehead atoms. The van der Waals surface area contributed by atoms with E-state index in [4.69, 9.17) is 5.26 Å². The molecule has 0 fully saturated rings. The molecule has 88 valence electrons. The van der Waals surface area contributed by atoms with E-state index in [1.807, 2.05) is 19.9 Å². The largest absolute Gasteiger partial charge is 0.214 e. The van der Waals surface area contributed by atoms with Crippen molar-refractivity contribution in [3.63, 3.8) is 0 Å². The highest BCUT2D eigenvalue weighted by atomic mass is 32.2. The maximum absolute atomic E-state index is 11.8. The van der Waals surface area contributed by atoms with Gasteiger partial charge in [-0.2, -0.15) is 5.26 Å². The monoisotopic (exact) mass is 232 g/mol. The van der Waals surface area contributed by atoms with Crippen LogP contribution < -0.4 is 0 Å². The van der Waals surface area contributed by atoms with Gasteiger partial charge in [-0.05, 0) is 19.3 Å². The van der Waals surface area contributed by atoms with Crippen molar-refractivity contribution in [1.29, 1.82) is 5.26 Å². The van der Waals surface area contributed by atoms with Gasteiger partial charge in [0, 0.05) is 13.1 Å². The minimum absolute atomic E-state index is 0.164. The smallest absolute Gasteiger partial charge is 0.212 e. The molecule has 0 radical (unpaired) electrons. The predicted octanol–water partition coefficient (Wildman–Crippen LogP) is 1.60. The number of hydrogen-bond donors (Lipinski definition) is 0.